The summed E-state index contributed by atoms with van der Waals surface area (Å²) in [7, 11) is 0. The molecule has 0 atom stereocenters. The number of carbonyl (C=O) groups is 1. The number of carbonyl (C=O) groups excluding carboxylic acids is 1. The van der Waals surface area contributed by atoms with Crippen molar-refractivity contribution in [2.24, 2.45) is 0 Å². The summed E-state index contributed by atoms with van der Waals surface area (Å²) in [5, 5.41) is 10.7. The highest BCUT2D eigenvalue weighted by Gasteiger charge is 2.20. The van der Waals surface area contributed by atoms with Gasteiger partial charge >= 0.3 is 0 Å². The van der Waals surface area contributed by atoms with Crippen molar-refractivity contribution in [2.75, 3.05) is 12.3 Å². The average Bonchev–Trinajstić information content (AvgIpc) is 2.20. The van der Waals surface area contributed by atoms with Gasteiger partial charge in [-0.3, -0.25) is 14.9 Å². The fourth-order valence-corrected chi connectivity index (χ4v) is 1.30. The molecule has 2 N–H and O–H groups in total. The largest absolute Gasteiger partial charge is 0.492 e. The SMILES string of the molecule is CCOc1cc(C(C)=O)c([N+](=O)[O-])cc1N. The molecule has 1 rings (SSSR count). The highest BCUT2D eigenvalue weighted by atomic mass is 16.6. The molecule has 0 fully saturated rings. The van der Waals surface area contributed by atoms with Gasteiger partial charge in [0.2, 0.25) is 0 Å². The predicted octanol–water partition coefficient (Wildman–Crippen LogP) is 1.78. The van der Waals surface area contributed by atoms with Crippen molar-refractivity contribution in [3.05, 3.63) is 27.8 Å². The Morgan fingerprint density at radius 3 is 2.62 bits per heavy atom. The molecular formula is C10H12N2O4. The van der Waals surface area contributed by atoms with Gasteiger partial charge in [0.1, 0.15) is 5.75 Å². The number of hydrogen-bond donors (Lipinski definition) is 1. The van der Waals surface area contributed by atoms with Crippen LogP contribution in [0.4, 0.5) is 11.4 Å². The quantitative estimate of drug-likeness (QED) is 0.364. The van der Waals surface area contributed by atoms with Crippen LogP contribution in [0, 0.1) is 10.1 Å². The van der Waals surface area contributed by atoms with Crippen LogP contribution in [0.3, 0.4) is 0 Å². The number of ether oxygens (including phenoxy) is 1. The number of ketones is 1. The van der Waals surface area contributed by atoms with E-state index in [1.165, 1.54) is 13.0 Å². The molecule has 6 heteroatoms. The van der Waals surface area contributed by atoms with Crippen LogP contribution < -0.4 is 10.5 Å². The molecule has 0 aliphatic carbocycles. The topological polar surface area (TPSA) is 95.5 Å². The fourth-order valence-electron chi connectivity index (χ4n) is 1.30. The van der Waals surface area contributed by atoms with Crippen molar-refractivity contribution in [3.63, 3.8) is 0 Å². The van der Waals surface area contributed by atoms with Crippen LogP contribution in [0.2, 0.25) is 0 Å². The van der Waals surface area contributed by atoms with E-state index in [0.29, 0.717) is 12.4 Å². The fraction of sp³-hybridized carbons (Fsp3) is 0.300. The Balaban J connectivity index is 3.37. The molecule has 86 valence electrons. The maximum atomic E-state index is 11.2. The zero-order valence-electron chi connectivity index (χ0n) is 9.02. The summed E-state index contributed by atoms with van der Waals surface area (Å²) in [6.07, 6.45) is 0. The standard InChI is InChI=1S/C10H12N2O4/c1-3-16-10-4-7(6(2)13)9(12(14)15)5-8(10)11/h4-5H,3,11H2,1-2H3. The molecule has 6 nitrogen and oxygen atoms in total. The Kier molecular flexibility index (Phi) is 3.44. The van der Waals surface area contributed by atoms with Crippen LogP contribution in [-0.2, 0) is 0 Å². The van der Waals surface area contributed by atoms with Gasteiger partial charge in [0.25, 0.3) is 5.69 Å². The monoisotopic (exact) mass is 224 g/mol. The third-order valence-corrected chi connectivity index (χ3v) is 2.00. The summed E-state index contributed by atoms with van der Waals surface area (Å²) >= 11 is 0. The molecule has 0 bridgehead atoms. The minimum absolute atomic E-state index is 0.00245. The summed E-state index contributed by atoms with van der Waals surface area (Å²) in [4.78, 5) is 21.3. The lowest BCUT2D eigenvalue weighted by molar-refractivity contribution is -0.385. The summed E-state index contributed by atoms with van der Waals surface area (Å²) in [5.41, 5.74) is 5.43. The second-order valence-corrected chi connectivity index (χ2v) is 3.15. The number of Topliss-reactive ketones (excluding diaryl/α,β-unsaturated/α-hetero) is 1. The molecule has 0 aliphatic rings. The molecule has 0 unspecified atom stereocenters. The van der Waals surface area contributed by atoms with Gasteiger partial charge in [0, 0.05) is 6.07 Å². The lowest BCUT2D eigenvalue weighted by Crippen LogP contribution is -2.04. The lowest BCUT2D eigenvalue weighted by Gasteiger charge is -2.08. The summed E-state index contributed by atoms with van der Waals surface area (Å²) in [6.45, 7) is 3.39. The van der Waals surface area contributed by atoms with Crippen molar-refractivity contribution >= 4 is 17.2 Å². The van der Waals surface area contributed by atoms with E-state index in [-0.39, 0.29) is 16.9 Å². The molecule has 0 saturated heterocycles. The maximum absolute atomic E-state index is 11.2. The summed E-state index contributed by atoms with van der Waals surface area (Å²) in [6, 6.07) is 2.45. The minimum atomic E-state index is -0.636. The highest BCUT2D eigenvalue weighted by molar-refractivity contribution is 5.99. The van der Waals surface area contributed by atoms with Crippen LogP contribution in [0.25, 0.3) is 0 Å². The van der Waals surface area contributed by atoms with E-state index in [2.05, 4.69) is 0 Å². The first kappa shape index (κ1) is 12.0. The minimum Gasteiger partial charge on any atom is -0.492 e. The zero-order valence-corrected chi connectivity index (χ0v) is 9.02. The molecule has 0 saturated carbocycles. The van der Waals surface area contributed by atoms with Crippen LogP contribution in [0.5, 0.6) is 5.75 Å². The molecule has 0 heterocycles. The molecular weight excluding hydrogens is 212 g/mol. The van der Waals surface area contributed by atoms with Crippen molar-refractivity contribution in [2.45, 2.75) is 13.8 Å². The van der Waals surface area contributed by atoms with Crippen molar-refractivity contribution in [1.29, 1.82) is 0 Å². The molecule has 1 aromatic carbocycles. The van der Waals surface area contributed by atoms with E-state index in [9.17, 15) is 14.9 Å². The number of anilines is 1. The first-order valence-electron chi connectivity index (χ1n) is 4.69. The molecule has 0 spiro atoms. The Bertz CT molecular complexity index is 443. The number of nitrogen functional groups attached to an aromatic ring is 1. The first-order valence-corrected chi connectivity index (χ1v) is 4.69. The van der Waals surface area contributed by atoms with Gasteiger partial charge in [0.05, 0.1) is 22.8 Å². The lowest BCUT2D eigenvalue weighted by atomic mass is 10.1. The Morgan fingerprint density at radius 2 is 2.19 bits per heavy atom. The second kappa shape index (κ2) is 4.61. The smallest absolute Gasteiger partial charge is 0.282 e. The Hall–Kier alpha value is -2.11. The van der Waals surface area contributed by atoms with Crippen molar-refractivity contribution < 1.29 is 14.5 Å². The van der Waals surface area contributed by atoms with Gasteiger partial charge in [-0.25, -0.2) is 0 Å². The molecule has 1 aromatic rings. The summed E-state index contributed by atoms with van der Waals surface area (Å²) in [5.74, 6) is -0.106. The molecule has 16 heavy (non-hydrogen) atoms. The van der Waals surface area contributed by atoms with Gasteiger partial charge in [-0.1, -0.05) is 0 Å². The number of nitrogens with zero attached hydrogens (tertiary/aromatic N) is 1. The predicted molar refractivity (Wildman–Crippen MR) is 58.7 cm³/mol. The average molecular weight is 224 g/mol. The van der Waals surface area contributed by atoms with Crippen LogP contribution >= 0.6 is 0 Å². The van der Waals surface area contributed by atoms with E-state index >= 15 is 0 Å². The van der Waals surface area contributed by atoms with Crippen LogP contribution in [0.1, 0.15) is 24.2 Å². The molecule has 0 amide bonds. The maximum Gasteiger partial charge on any atom is 0.282 e. The Labute approximate surface area is 92.2 Å². The zero-order chi connectivity index (χ0) is 12.3. The van der Waals surface area contributed by atoms with E-state index in [1.807, 2.05) is 0 Å². The van der Waals surface area contributed by atoms with Gasteiger partial charge in [-0.05, 0) is 19.9 Å². The molecule has 0 aliphatic heterocycles. The van der Waals surface area contributed by atoms with Crippen LogP contribution in [-0.4, -0.2) is 17.3 Å². The van der Waals surface area contributed by atoms with Crippen LogP contribution in [0.15, 0.2) is 12.1 Å². The Morgan fingerprint density at radius 1 is 1.56 bits per heavy atom. The van der Waals surface area contributed by atoms with Crippen molar-refractivity contribution in [3.8, 4) is 5.75 Å². The molecule has 0 aromatic heterocycles. The van der Waals surface area contributed by atoms with Gasteiger partial charge in [0.15, 0.2) is 5.78 Å². The first-order chi connectivity index (χ1) is 7.47. The normalized spacial score (nSPS) is 9.88. The van der Waals surface area contributed by atoms with E-state index in [1.54, 1.807) is 6.92 Å². The van der Waals surface area contributed by atoms with Crippen molar-refractivity contribution in [1.82, 2.24) is 0 Å². The second-order valence-electron chi connectivity index (χ2n) is 3.15. The number of rotatable bonds is 4. The number of nitrogens with two attached hydrogens (primary N) is 1. The number of benzene rings is 1. The van der Waals surface area contributed by atoms with E-state index < -0.39 is 10.7 Å². The third kappa shape index (κ3) is 2.28. The van der Waals surface area contributed by atoms with E-state index in [0.717, 1.165) is 6.07 Å². The van der Waals surface area contributed by atoms with Gasteiger partial charge in [-0.2, -0.15) is 0 Å². The third-order valence-electron chi connectivity index (χ3n) is 2.00. The van der Waals surface area contributed by atoms with Gasteiger partial charge in [-0.15, -0.1) is 0 Å². The number of nitro benzene ring substituents is 1. The molecule has 0 radical (unpaired) electrons. The number of hydrogen-bond acceptors (Lipinski definition) is 5. The summed E-state index contributed by atoms with van der Waals surface area (Å²) < 4.78 is 5.16. The number of nitro groups is 1. The van der Waals surface area contributed by atoms with Gasteiger partial charge < -0.3 is 10.5 Å². The van der Waals surface area contributed by atoms with E-state index in [4.69, 9.17) is 10.5 Å². The highest BCUT2D eigenvalue weighted by Crippen LogP contribution is 2.31.